The predicted octanol–water partition coefficient (Wildman–Crippen LogP) is 0.286. The number of aryl methyl sites for hydroxylation is 1. The van der Waals surface area contributed by atoms with Gasteiger partial charge in [0, 0.05) is 45.7 Å². The molecule has 0 unspecified atom stereocenters. The molecule has 114 valence electrons. The number of nitrogens with zero attached hydrogens (tertiary/aromatic N) is 2. The molecule has 2 heterocycles. The summed E-state index contributed by atoms with van der Waals surface area (Å²) in [6, 6.07) is 1.59. The molecule has 0 aromatic carbocycles. The van der Waals surface area contributed by atoms with Crippen LogP contribution in [0.15, 0.2) is 10.6 Å². The van der Waals surface area contributed by atoms with Gasteiger partial charge in [-0.1, -0.05) is 5.16 Å². The van der Waals surface area contributed by atoms with E-state index >= 15 is 0 Å². The number of ether oxygens (including phenoxy) is 1. The summed E-state index contributed by atoms with van der Waals surface area (Å²) in [5.41, 5.74) is -0.645. The van der Waals surface area contributed by atoms with Gasteiger partial charge in [0.05, 0.1) is 5.60 Å². The minimum Gasteiger partial charge on any atom is -0.388 e. The van der Waals surface area contributed by atoms with Gasteiger partial charge >= 0.3 is 0 Å². The van der Waals surface area contributed by atoms with Crippen molar-refractivity contribution in [2.75, 3.05) is 26.8 Å². The number of hydrogen-bond donors (Lipinski definition) is 1. The van der Waals surface area contributed by atoms with E-state index in [0.29, 0.717) is 37.5 Å². The zero-order valence-corrected chi connectivity index (χ0v) is 12.5. The fourth-order valence-corrected chi connectivity index (χ4v) is 3.37. The van der Waals surface area contributed by atoms with Gasteiger partial charge in [0.25, 0.3) is 0 Å². The molecular formula is C12H20N2O5S. The van der Waals surface area contributed by atoms with E-state index in [0.717, 1.165) is 0 Å². The van der Waals surface area contributed by atoms with Gasteiger partial charge in [-0.3, -0.25) is 0 Å². The lowest BCUT2D eigenvalue weighted by molar-refractivity contribution is -0.0689. The molecule has 1 saturated heterocycles. The maximum Gasteiger partial charge on any atom is 0.219 e. The molecule has 0 aliphatic carbocycles. The van der Waals surface area contributed by atoms with Crippen LogP contribution >= 0.6 is 0 Å². The van der Waals surface area contributed by atoms with Crippen LogP contribution in [0, 0.1) is 6.92 Å². The summed E-state index contributed by atoms with van der Waals surface area (Å²) >= 11 is 0. The third-order valence-electron chi connectivity index (χ3n) is 3.42. The Labute approximate surface area is 118 Å². The molecule has 0 spiro atoms. The first kappa shape index (κ1) is 15.4. The Hall–Kier alpha value is -0.960. The molecule has 7 nitrogen and oxygen atoms in total. The van der Waals surface area contributed by atoms with Gasteiger partial charge in [0.1, 0.15) is 17.2 Å². The lowest BCUT2D eigenvalue weighted by atomic mass is 9.95. The van der Waals surface area contributed by atoms with E-state index in [-0.39, 0.29) is 12.3 Å². The van der Waals surface area contributed by atoms with Crippen molar-refractivity contribution < 1.29 is 22.8 Å². The van der Waals surface area contributed by atoms with E-state index in [1.165, 1.54) is 11.4 Å². The second kappa shape index (κ2) is 5.80. The largest absolute Gasteiger partial charge is 0.388 e. The Bertz CT molecular complexity index is 548. The standard InChI is InChI=1S/C12H20N2O5S/c1-10-7-11(13-19-10)8-20(16,17)14(2)9-12(15)3-5-18-6-4-12/h7,15H,3-6,8-9H2,1-2H3. The highest BCUT2D eigenvalue weighted by atomic mass is 32.2. The van der Waals surface area contributed by atoms with Crippen molar-refractivity contribution in [3.8, 4) is 0 Å². The van der Waals surface area contributed by atoms with E-state index in [1.807, 2.05) is 0 Å². The molecule has 0 saturated carbocycles. The number of sulfonamides is 1. The maximum atomic E-state index is 12.2. The van der Waals surface area contributed by atoms with E-state index < -0.39 is 15.6 Å². The summed E-state index contributed by atoms with van der Waals surface area (Å²) in [4.78, 5) is 0. The number of hydrogen-bond acceptors (Lipinski definition) is 6. The smallest absolute Gasteiger partial charge is 0.219 e. The van der Waals surface area contributed by atoms with Gasteiger partial charge in [0.2, 0.25) is 10.0 Å². The monoisotopic (exact) mass is 304 g/mol. The second-order valence-corrected chi connectivity index (χ2v) is 7.35. The van der Waals surface area contributed by atoms with Crippen molar-refractivity contribution in [2.45, 2.75) is 31.1 Å². The fraction of sp³-hybridized carbons (Fsp3) is 0.750. The number of aliphatic hydroxyl groups is 1. The highest BCUT2D eigenvalue weighted by Crippen LogP contribution is 2.23. The van der Waals surface area contributed by atoms with Crippen molar-refractivity contribution in [2.24, 2.45) is 0 Å². The summed E-state index contributed by atoms with van der Waals surface area (Å²) in [6.07, 6.45) is 0.881. The maximum absolute atomic E-state index is 12.2. The van der Waals surface area contributed by atoms with E-state index in [4.69, 9.17) is 9.26 Å². The van der Waals surface area contributed by atoms with E-state index in [2.05, 4.69) is 5.16 Å². The first-order valence-electron chi connectivity index (χ1n) is 6.47. The van der Waals surface area contributed by atoms with Crippen LogP contribution in [0.1, 0.15) is 24.3 Å². The third-order valence-corrected chi connectivity index (χ3v) is 5.16. The van der Waals surface area contributed by atoms with Crippen LogP contribution in [0.5, 0.6) is 0 Å². The fourth-order valence-electron chi connectivity index (χ4n) is 2.21. The molecule has 1 aliphatic heterocycles. The van der Waals surface area contributed by atoms with E-state index in [1.54, 1.807) is 13.0 Å². The third kappa shape index (κ3) is 3.78. The SMILES string of the molecule is Cc1cc(CS(=O)(=O)N(C)CC2(O)CCOCC2)no1. The summed E-state index contributed by atoms with van der Waals surface area (Å²) < 4.78 is 35.7. The molecule has 1 aromatic heterocycles. The zero-order valence-electron chi connectivity index (χ0n) is 11.7. The average Bonchev–Trinajstić information content (AvgIpc) is 2.74. The topological polar surface area (TPSA) is 92.9 Å². The van der Waals surface area contributed by atoms with Gasteiger partial charge in [-0.2, -0.15) is 0 Å². The number of rotatable bonds is 5. The van der Waals surface area contributed by atoms with Crippen LogP contribution in [0.2, 0.25) is 0 Å². The van der Waals surface area contributed by atoms with Gasteiger partial charge in [-0.05, 0) is 6.92 Å². The van der Waals surface area contributed by atoms with Gasteiger partial charge in [0.15, 0.2) is 0 Å². The van der Waals surface area contributed by atoms with Crippen molar-refractivity contribution in [3.05, 3.63) is 17.5 Å². The van der Waals surface area contributed by atoms with Crippen LogP contribution in [-0.2, 0) is 20.5 Å². The summed E-state index contributed by atoms with van der Waals surface area (Å²) in [5, 5.41) is 14.0. The molecule has 0 atom stereocenters. The normalized spacial score (nSPS) is 19.4. The molecule has 0 bridgehead atoms. The Kier molecular flexibility index (Phi) is 4.48. The molecule has 0 amide bonds. The first-order valence-corrected chi connectivity index (χ1v) is 8.08. The molecule has 8 heteroatoms. The number of aromatic nitrogens is 1. The minimum atomic E-state index is -3.53. The van der Waals surface area contributed by atoms with Gasteiger partial charge < -0.3 is 14.4 Å². The summed E-state index contributed by atoms with van der Waals surface area (Å²) in [7, 11) is -2.06. The predicted molar refractivity (Wildman–Crippen MR) is 71.5 cm³/mol. The summed E-state index contributed by atoms with van der Waals surface area (Å²) in [6.45, 7) is 2.67. The van der Waals surface area contributed by atoms with Crippen LogP contribution in [0.25, 0.3) is 0 Å². The number of likely N-dealkylation sites (N-methyl/N-ethyl adjacent to an activating group) is 1. The van der Waals surface area contributed by atoms with Crippen LogP contribution in [0.3, 0.4) is 0 Å². The Morgan fingerprint density at radius 2 is 2.10 bits per heavy atom. The molecule has 20 heavy (non-hydrogen) atoms. The van der Waals surface area contributed by atoms with Crippen molar-refractivity contribution in [1.82, 2.24) is 9.46 Å². The molecule has 1 fully saturated rings. The second-order valence-electron chi connectivity index (χ2n) is 5.28. The Morgan fingerprint density at radius 3 is 2.65 bits per heavy atom. The lowest BCUT2D eigenvalue weighted by Gasteiger charge is -2.34. The Balaban J connectivity index is 2.01. The van der Waals surface area contributed by atoms with Crippen LogP contribution in [-0.4, -0.2) is 55.4 Å². The minimum absolute atomic E-state index is 0.0650. The molecule has 1 aromatic rings. The zero-order chi connectivity index (χ0) is 14.8. The molecule has 1 aliphatic rings. The van der Waals surface area contributed by atoms with Crippen molar-refractivity contribution in [1.29, 1.82) is 0 Å². The molecule has 0 radical (unpaired) electrons. The molecule has 1 N–H and O–H groups in total. The summed E-state index contributed by atoms with van der Waals surface area (Å²) in [5.74, 6) is 0.342. The van der Waals surface area contributed by atoms with Gasteiger partial charge in [-0.15, -0.1) is 0 Å². The Morgan fingerprint density at radius 1 is 1.45 bits per heavy atom. The van der Waals surface area contributed by atoms with E-state index in [9.17, 15) is 13.5 Å². The van der Waals surface area contributed by atoms with Crippen molar-refractivity contribution in [3.63, 3.8) is 0 Å². The van der Waals surface area contributed by atoms with Crippen molar-refractivity contribution >= 4 is 10.0 Å². The average molecular weight is 304 g/mol. The van der Waals surface area contributed by atoms with Crippen LogP contribution < -0.4 is 0 Å². The first-order chi connectivity index (χ1) is 9.31. The van der Waals surface area contributed by atoms with Crippen LogP contribution in [0.4, 0.5) is 0 Å². The highest BCUT2D eigenvalue weighted by Gasteiger charge is 2.34. The quantitative estimate of drug-likeness (QED) is 0.840. The lowest BCUT2D eigenvalue weighted by Crippen LogP contribution is -2.47. The van der Waals surface area contributed by atoms with Gasteiger partial charge in [-0.25, -0.2) is 12.7 Å². The highest BCUT2D eigenvalue weighted by molar-refractivity contribution is 7.88. The molecule has 2 rings (SSSR count). The molecular weight excluding hydrogens is 284 g/mol.